The molecule has 0 saturated heterocycles. The Morgan fingerprint density at radius 2 is 1.76 bits per heavy atom. The van der Waals surface area contributed by atoms with Crippen molar-refractivity contribution >= 4 is 15.8 Å². The van der Waals surface area contributed by atoms with E-state index in [1.807, 2.05) is 12.1 Å². The number of hydrogen-bond donors (Lipinski definition) is 0. The maximum atomic E-state index is 12.5. The van der Waals surface area contributed by atoms with Gasteiger partial charge in [0.2, 0.25) is 0 Å². The smallest absolute Gasteiger partial charge is 0.309 e. The minimum absolute atomic E-state index is 0.0187. The first-order valence-corrected chi connectivity index (χ1v) is 9.09. The van der Waals surface area contributed by atoms with Crippen LogP contribution in [0.1, 0.15) is 43.2 Å². The predicted octanol–water partition coefficient (Wildman–Crippen LogP) is 2.65. The van der Waals surface area contributed by atoms with Crippen LogP contribution in [-0.2, 0) is 31.5 Å². The molecule has 0 N–H and O–H groups in total. The van der Waals surface area contributed by atoms with E-state index in [1.165, 1.54) is 7.11 Å². The third-order valence-electron chi connectivity index (χ3n) is 4.10. The van der Waals surface area contributed by atoms with Crippen molar-refractivity contribution in [2.75, 3.05) is 7.11 Å². The summed E-state index contributed by atoms with van der Waals surface area (Å²) in [7, 11) is -1.82. The summed E-state index contributed by atoms with van der Waals surface area (Å²) in [4.78, 5) is 11.4. The molecule has 1 saturated carbocycles. The number of carbonyl (C=O) groups is 1. The average Bonchev–Trinajstić information content (AvgIpc) is 2.50. The molecule has 1 aromatic carbocycles. The van der Waals surface area contributed by atoms with Crippen LogP contribution in [0.25, 0.3) is 0 Å². The van der Waals surface area contributed by atoms with Crippen molar-refractivity contribution in [3.63, 3.8) is 0 Å². The summed E-state index contributed by atoms with van der Waals surface area (Å²) >= 11 is 0. The molecule has 0 unspecified atom stereocenters. The molecule has 0 bridgehead atoms. The summed E-state index contributed by atoms with van der Waals surface area (Å²) in [6.45, 7) is 0. The van der Waals surface area contributed by atoms with Crippen LogP contribution in [0.4, 0.5) is 0 Å². The lowest BCUT2D eigenvalue weighted by Gasteiger charge is -2.22. The molecule has 1 aliphatic rings. The molecular formula is C16H22O4S. The maximum absolute atomic E-state index is 12.5. The Labute approximate surface area is 126 Å². The molecule has 116 valence electrons. The van der Waals surface area contributed by atoms with Crippen LogP contribution in [0.2, 0.25) is 0 Å². The van der Waals surface area contributed by atoms with Gasteiger partial charge in [0.15, 0.2) is 9.84 Å². The van der Waals surface area contributed by atoms with Crippen LogP contribution >= 0.6 is 0 Å². The number of ether oxygens (including phenoxy) is 1. The van der Waals surface area contributed by atoms with Crippen molar-refractivity contribution in [1.82, 2.24) is 0 Å². The first kappa shape index (κ1) is 16.0. The van der Waals surface area contributed by atoms with Crippen molar-refractivity contribution in [2.45, 2.75) is 49.5 Å². The summed E-state index contributed by atoms with van der Waals surface area (Å²) < 4.78 is 29.8. The van der Waals surface area contributed by atoms with Crippen molar-refractivity contribution in [3.05, 3.63) is 35.4 Å². The SMILES string of the molecule is COC(=O)Cc1ccccc1CS(=O)(=O)C1CCCCC1. The Morgan fingerprint density at radius 1 is 1.14 bits per heavy atom. The summed E-state index contributed by atoms with van der Waals surface area (Å²) in [6, 6.07) is 7.21. The van der Waals surface area contributed by atoms with Gasteiger partial charge in [0.05, 0.1) is 24.5 Å². The molecule has 0 aromatic heterocycles. The molecule has 21 heavy (non-hydrogen) atoms. The van der Waals surface area contributed by atoms with Gasteiger partial charge in [0, 0.05) is 0 Å². The molecule has 0 heterocycles. The van der Waals surface area contributed by atoms with Crippen LogP contribution in [-0.4, -0.2) is 26.7 Å². The summed E-state index contributed by atoms with van der Waals surface area (Å²) in [6.07, 6.45) is 4.77. The highest BCUT2D eigenvalue weighted by Crippen LogP contribution is 2.27. The number of sulfone groups is 1. The number of hydrogen-bond acceptors (Lipinski definition) is 4. The highest BCUT2D eigenvalue weighted by Gasteiger charge is 2.28. The second-order valence-electron chi connectivity index (χ2n) is 5.59. The fraction of sp³-hybridized carbons (Fsp3) is 0.562. The highest BCUT2D eigenvalue weighted by molar-refractivity contribution is 7.91. The van der Waals surface area contributed by atoms with Crippen LogP contribution in [0.5, 0.6) is 0 Å². The van der Waals surface area contributed by atoms with Gasteiger partial charge in [-0.1, -0.05) is 43.5 Å². The molecule has 2 rings (SSSR count). The predicted molar refractivity (Wildman–Crippen MR) is 81.7 cm³/mol. The lowest BCUT2D eigenvalue weighted by Crippen LogP contribution is -2.25. The highest BCUT2D eigenvalue weighted by atomic mass is 32.2. The van der Waals surface area contributed by atoms with Crippen LogP contribution < -0.4 is 0 Å². The number of esters is 1. The van der Waals surface area contributed by atoms with Gasteiger partial charge in [-0.05, 0) is 24.0 Å². The molecule has 5 heteroatoms. The van der Waals surface area contributed by atoms with Crippen molar-refractivity contribution in [1.29, 1.82) is 0 Å². The number of carbonyl (C=O) groups excluding carboxylic acids is 1. The zero-order valence-corrected chi connectivity index (χ0v) is 13.2. The first-order chi connectivity index (χ1) is 10.0. The molecule has 0 aliphatic heterocycles. The van der Waals surface area contributed by atoms with Gasteiger partial charge in [-0.15, -0.1) is 0 Å². The summed E-state index contributed by atoms with van der Waals surface area (Å²) in [5, 5.41) is -0.225. The first-order valence-electron chi connectivity index (χ1n) is 7.38. The van der Waals surface area contributed by atoms with Gasteiger partial charge in [0.25, 0.3) is 0 Å². The van der Waals surface area contributed by atoms with Gasteiger partial charge in [-0.2, -0.15) is 0 Å². The summed E-state index contributed by atoms with van der Waals surface area (Å²) in [5.41, 5.74) is 1.46. The lowest BCUT2D eigenvalue weighted by atomic mass is 10.0. The molecule has 0 amide bonds. The topological polar surface area (TPSA) is 60.4 Å². The third-order valence-corrected chi connectivity index (χ3v) is 6.30. The largest absolute Gasteiger partial charge is 0.469 e. The molecule has 1 fully saturated rings. The Bertz CT molecular complexity index is 586. The molecule has 4 nitrogen and oxygen atoms in total. The monoisotopic (exact) mass is 310 g/mol. The Kier molecular flexibility index (Phi) is 5.39. The fourth-order valence-corrected chi connectivity index (χ4v) is 4.86. The van der Waals surface area contributed by atoms with Crippen molar-refractivity contribution < 1.29 is 17.9 Å². The van der Waals surface area contributed by atoms with Gasteiger partial charge in [-0.3, -0.25) is 4.79 Å². The van der Waals surface area contributed by atoms with Crippen LogP contribution in [0.3, 0.4) is 0 Å². The number of methoxy groups -OCH3 is 1. The summed E-state index contributed by atoms with van der Waals surface area (Å²) in [5.74, 6) is -0.331. The quantitative estimate of drug-likeness (QED) is 0.784. The average molecular weight is 310 g/mol. The Morgan fingerprint density at radius 3 is 2.38 bits per heavy atom. The molecule has 0 atom stereocenters. The third kappa shape index (κ3) is 4.30. The fourth-order valence-electron chi connectivity index (χ4n) is 2.86. The molecule has 0 radical (unpaired) electrons. The van der Waals surface area contributed by atoms with E-state index in [-0.39, 0.29) is 23.4 Å². The van der Waals surface area contributed by atoms with Gasteiger partial charge >= 0.3 is 5.97 Å². The van der Waals surface area contributed by atoms with Gasteiger partial charge in [-0.25, -0.2) is 8.42 Å². The van der Waals surface area contributed by atoms with E-state index >= 15 is 0 Å². The van der Waals surface area contributed by atoms with Gasteiger partial charge < -0.3 is 4.74 Å². The van der Waals surface area contributed by atoms with Crippen molar-refractivity contribution in [3.8, 4) is 0 Å². The zero-order valence-electron chi connectivity index (χ0n) is 12.4. The van der Waals surface area contributed by atoms with Crippen molar-refractivity contribution in [2.24, 2.45) is 0 Å². The lowest BCUT2D eigenvalue weighted by molar-refractivity contribution is -0.139. The standard InChI is InChI=1S/C16H22O4S/c1-20-16(17)11-13-7-5-6-8-14(13)12-21(18,19)15-9-3-2-4-10-15/h5-8,15H,2-4,9-12H2,1H3. The van der Waals surface area contributed by atoms with E-state index in [9.17, 15) is 13.2 Å². The minimum Gasteiger partial charge on any atom is -0.469 e. The molecular weight excluding hydrogens is 288 g/mol. The van der Waals surface area contributed by atoms with E-state index in [4.69, 9.17) is 0 Å². The second kappa shape index (κ2) is 7.07. The van der Waals surface area contributed by atoms with Crippen LogP contribution in [0, 0.1) is 0 Å². The normalized spacial score (nSPS) is 16.6. The van der Waals surface area contributed by atoms with E-state index in [0.29, 0.717) is 5.56 Å². The molecule has 1 aromatic rings. The molecule has 0 spiro atoms. The Balaban J connectivity index is 2.16. The van der Waals surface area contributed by atoms with E-state index < -0.39 is 9.84 Å². The number of benzene rings is 1. The van der Waals surface area contributed by atoms with E-state index in [2.05, 4.69) is 4.74 Å². The second-order valence-corrected chi connectivity index (χ2v) is 7.87. The van der Waals surface area contributed by atoms with E-state index in [0.717, 1.165) is 37.7 Å². The maximum Gasteiger partial charge on any atom is 0.309 e. The van der Waals surface area contributed by atoms with Gasteiger partial charge in [0.1, 0.15) is 0 Å². The minimum atomic E-state index is -3.15. The van der Waals surface area contributed by atoms with Crippen LogP contribution in [0.15, 0.2) is 24.3 Å². The Hall–Kier alpha value is -1.36. The number of rotatable bonds is 5. The zero-order chi connectivity index (χ0) is 15.3. The van der Waals surface area contributed by atoms with E-state index in [1.54, 1.807) is 12.1 Å². The molecule has 1 aliphatic carbocycles.